The SMILES string of the molecule is COC(=O)C12CCC(=O)C=C1C1(C)C=C(C#N)C(=O)C(C)C1CC2. The van der Waals surface area contributed by atoms with Crippen LogP contribution in [-0.4, -0.2) is 24.6 Å². The Hall–Kier alpha value is -2.22. The molecule has 0 bridgehead atoms. The molecule has 0 radical (unpaired) electrons. The number of methoxy groups -OCH3 is 1. The number of ether oxygens (including phenoxy) is 1. The molecule has 3 rings (SSSR count). The maximum atomic E-state index is 12.6. The number of carbonyl (C=O) groups is 3. The summed E-state index contributed by atoms with van der Waals surface area (Å²) >= 11 is 0. The minimum Gasteiger partial charge on any atom is -0.468 e. The summed E-state index contributed by atoms with van der Waals surface area (Å²) in [5.41, 5.74) is -0.617. The second-order valence-electron chi connectivity index (χ2n) is 7.35. The van der Waals surface area contributed by atoms with E-state index in [9.17, 15) is 19.6 Å². The van der Waals surface area contributed by atoms with Gasteiger partial charge in [-0.3, -0.25) is 14.4 Å². The van der Waals surface area contributed by atoms with E-state index in [0.29, 0.717) is 25.7 Å². The Labute approximate surface area is 141 Å². The fourth-order valence-corrected chi connectivity index (χ4v) is 5.02. The van der Waals surface area contributed by atoms with Gasteiger partial charge in [0.15, 0.2) is 11.6 Å². The first-order chi connectivity index (χ1) is 11.3. The number of hydrogen-bond acceptors (Lipinski definition) is 5. The van der Waals surface area contributed by atoms with E-state index in [1.807, 2.05) is 19.9 Å². The average molecular weight is 327 g/mol. The minimum atomic E-state index is -0.814. The molecular formula is C19H21NO4. The molecule has 1 saturated carbocycles. The maximum absolute atomic E-state index is 12.6. The zero-order valence-corrected chi connectivity index (χ0v) is 14.2. The number of nitrogens with zero attached hydrogens (tertiary/aromatic N) is 1. The Morgan fingerprint density at radius 3 is 2.71 bits per heavy atom. The van der Waals surface area contributed by atoms with Crippen molar-refractivity contribution in [3.63, 3.8) is 0 Å². The van der Waals surface area contributed by atoms with Gasteiger partial charge in [0.05, 0.1) is 18.1 Å². The van der Waals surface area contributed by atoms with Crippen LogP contribution in [0.4, 0.5) is 0 Å². The Morgan fingerprint density at radius 2 is 2.08 bits per heavy atom. The lowest BCUT2D eigenvalue weighted by atomic mass is 9.47. The van der Waals surface area contributed by atoms with Crippen molar-refractivity contribution in [3.8, 4) is 6.07 Å². The molecule has 5 heteroatoms. The van der Waals surface area contributed by atoms with Gasteiger partial charge in [-0.05, 0) is 36.8 Å². The van der Waals surface area contributed by atoms with Gasteiger partial charge in [-0.2, -0.15) is 5.26 Å². The smallest absolute Gasteiger partial charge is 0.315 e. The summed E-state index contributed by atoms with van der Waals surface area (Å²) in [5, 5.41) is 9.33. The van der Waals surface area contributed by atoms with Gasteiger partial charge in [-0.1, -0.05) is 19.9 Å². The molecule has 1 fully saturated rings. The number of hydrogen-bond donors (Lipinski definition) is 0. The predicted octanol–water partition coefficient (Wildman–Crippen LogP) is 2.52. The monoisotopic (exact) mass is 327 g/mol. The normalized spacial score (nSPS) is 38.2. The van der Waals surface area contributed by atoms with E-state index in [1.54, 1.807) is 12.2 Å². The molecule has 3 aliphatic carbocycles. The van der Waals surface area contributed by atoms with Gasteiger partial charge >= 0.3 is 5.97 Å². The first-order valence-electron chi connectivity index (χ1n) is 8.31. The van der Waals surface area contributed by atoms with Gasteiger partial charge in [-0.25, -0.2) is 0 Å². The fourth-order valence-electron chi connectivity index (χ4n) is 5.02. The molecule has 3 aliphatic rings. The van der Waals surface area contributed by atoms with Gasteiger partial charge in [0.1, 0.15) is 6.07 Å². The zero-order valence-electron chi connectivity index (χ0n) is 14.2. The highest BCUT2D eigenvalue weighted by molar-refractivity contribution is 6.03. The van der Waals surface area contributed by atoms with Crippen LogP contribution < -0.4 is 0 Å². The van der Waals surface area contributed by atoms with Crippen LogP contribution in [0.1, 0.15) is 39.5 Å². The second kappa shape index (κ2) is 5.41. The van der Waals surface area contributed by atoms with E-state index >= 15 is 0 Å². The molecule has 0 aliphatic heterocycles. The number of carbonyl (C=O) groups excluding carboxylic acids is 3. The fraction of sp³-hybridized carbons (Fsp3) is 0.579. The Bertz CT molecular complexity index is 741. The molecule has 0 spiro atoms. The molecule has 0 aromatic carbocycles. The minimum absolute atomic E-state index is 0.0112. The lowest BCUT2D eigenvalue weighted by molar-refractivity contribution is -0.155. The van der Waals surface area contributed by atoms with Gasteiger partial charge in [0, 0.05) is 17.8 Å². The first-order valence-corrected chi connectivity index (χ1v) is 8.31. The number of rotatable bonds is 1. The number of ketones is 2. The highest BCUT2D eigenvalue weighted by Gasteiger charge is 2.59. The van der Waals surface area contributed by atoms with Crippen molar-refractivity contribution in [1.29, 1.82) is 5.26 Å². The van der Waals surface area contributed by atoms with Crippen LogP contribution in [0.3, 0.4) is 0 Å². The third-order valence-electron chi connectivity index (χ3n) is 6.28. The molecule has 126 valence electrons. The number of allylic oxidation sites excluding steroid dienone is 3. The summed E-state index contributed by atoms with van der Waals surface area (Å²) in [6, 6.07) is 1.99. The molecule has 0 aromatic heterocycles. The Kier molecular flexibility index (Phi) is 3.75. The van der Waals surface area contributed by atoms with Crippen molar-refractivity contribution in [2.45, 2.75) is 39.5 Å². The van der Waals surface area contributed by atoms with Crippen LogP contribution in [0.25, 0.3) is 0 Å². The van der Waals surface area contributed by atoms with Crippen LogP contribution in [0.5, 0.6) is 0 Å². The van der Waals surface area contributed by atoms with Gasteiger partial charge in [0.25, 0.3) is 0 Å². The molecule has 0 amide bonds. The highest BCUT2D eigenvalue weighted by atomic mass is 16.5. The topological polar surface area (TPSA) is 84.2 Å². The van der Waals surface area contributed by atoms with Crippen molar-refractivity contribution in [1.82, 2.24) is 0 Å². The molecular weight excluding hydrogens is 306 g/mol. The maximum Gasteiger partial charge on any atom is 0.315 e. The highest BCUT2D eigenvalue weighted by Crippen LogP contribution is 2.61. The van der Waals surface area contributed by atoms with Crippen LogP contribution in [-0.2, 0) is 19.1 Å². The van der Waals surface area contributed by atoms with Crippen LogP contribution in [0.2, 0.25) is 0 Å². The molecule has 0 aromatic rings. The Morgan fingerprint density at radius 1 is 1.38 bits per heavy atom. The third-order valence-corrected chi connectivity index (χ3v) is 6.28. The van der Waals surface area contributed by atoms with Crippen LogP contribution in [0, 0.1) is 34.0 Å². The third kappa shape index (κ3) is 2.02. The predicted molar refractivity (Wildman–Crippen MR) is 85.5 cm³/mol. The summed E-state index contributed by atoms with van der Waals surface area (Å²) in [4.78, 5) is 37.1. The van der Waals surface area contributed by atoms with Crippen LogP contribution >= 0.6 is 0 Å². The Balaban J connectivity index is 2.24. The van der Waals surface area contributed by atoms with Gasteiger partial charge < -0.3 is 4.74 Å². The number of nitriles is 1. The van der Waals surface area contributed by atoms with Crippen molar-refractivity contribution in [2.24, 2.45) is 22.7 Å². The van der Waals surface area contributed by atoms with E-state index in [1.165, 1.54) is 7.11 Å². The molecule has 0 saturated heterocycles. The molecule has 5 nitrogen and oxygen atoms in total. The standard InChI is InChI=1S/C19H21NO4/c1-11-14-5-7-19(17(23)24-3)6-4-13(21)8-15(19)18(14,2)9-12(10-20)16(11)22/h8-9,11,14H,4-7H2,1-3H3. The molecule has 24 heavy (non-hydrogen) atoms. The van der Waals surface area contributed by atoms with Crippen molar-refractivity contribution in [3.05, 3.63) is 23.3 Å². The molecule has 0 heterocycles. The summed E-state index contributed by atoms with van der Waals surface area (Å²) in [6.45, 7) is 3.78. The number of esters is 1. The summed E-state index contributed by atoms with van der Waals surface area (Å²) in [6.07, 6.45) is 5.28. The lowest BCUT2D eigenvalue weighted by Gasteiger charge is -2.54. The quantitative estimate of drug-likeness (QED) is 0.691. The first kappa shape index (κ1) is 16.6. The second-order valence-corrected chi connectivity index (χ2v) is 7.35. The number of Topliss-reactive ketones (excluding diaryl/α,β-unsaturated/α-hetero) is 1. The molecule has 4 unspecified atom stereocenters. The zero-order chi connectivity index (χ0) is 17.7. The van der Waals surface area contributed by atoms with Crippen molar-refractivity contribution < 1.29 is 19.1 Å². The summed E-state index contributed by atoms with van der Waals surface area (Å²) in [7, 11) is 1.36. The van der Waals surface area contributed by atoms with Gasteiger partial charge in [0.2, 0.25) is 0 Å². The summed E-state index contributed by atoms with van der Waals surface area (Å²) < 4.78 is 5.07. The van der Waals surface area contributed by atoms with Gasteiger partial charge in [-0.15, -0.1) is 0 Å². The molecule has 4 atom stereocenters. The number of fused-ring (bicyclic) bond motifs is 3. The largest absolute Gasteiger partial charge is 0.468 e. The van der Waals surface area contributed by atoms with Crippen LogP contribution in [0.15, 0.2) is 23.3 Å². The van der Waals surface area contributed by atoms with E-state index < -0.39 is 10.8 Å². The van der Waals surface area contributed by atoms with E-state index in [-0.39, 0.29) is 34.9 Å². The van der Waals surface area contributed by atoms with Crippen molar-refractivity contribution in [2.75, 3.05) is 7.11 Å². The van der Waals surface area contributed by atoms with E-state index in [2.05, 4.69) is 0 Å². The average Bonchev–Trinajstić information content (AvgIpc) is 2.58. The molecule has 0 N–H and O–H groups in total. The van der Waals surface area contributed by atoms with Crippen molar-refractivity contribution >= 4 is 17.5 Å². The lowest BCUT2D eigenvalue weighted by Crippen LogP contribution is -2.53. The van der Waals surface area contributed by atoms with E-state index in [0.717, 1.165) is 5.57 Å². The van der Waals surface area contributed by atoms with E-state index in [4.69, 9.17) is 4.74 Å². The summed E-state index contributed by atoms with van der Waals surface area (Å²) in [5.74, 6) is -0.797.